The molecule has 102 valence electrons. The highest BCUT2D eigenvalue weighted by molar-refractivity contribution is 6.42. The summed E-state index contributed by atoms with van der Waals surface area (Å²) in [5, 5.41) is 3.39. The fraction of sp³-hybridized carbons (Fsp3) is 0.385. The standard InChI is InChI=1S/C13H14Cl2N2O2/c1-2-19-13(16-9-4-5-9)17-12(18)8-3-6-10(14)11(15)7-8/h3,6-7,9H,2,4-5H2,1H3,(H,16,17,18). The van der Waals surface area contributed by atoms with Crippen LogP contribution in [0.4, 0.5) is 0 Å². The van der Waals surface area contributed by atoms with E-state index in [9.17, 15) is 4.79 Å². The van der Waals surface area contributed by atoms with Gasteiger partial charge in [0.15, 0.2) is 0 Å². The van der Waals surface area contributed by atoms with Crippen LogP contribution in [0, 0.1) is 0 Å². The number of aliphatic imine (C=N–C) groups is 1. The van der Waals surface area contributed by atoms with Crippen molar-refractivity contribution in [1.29, 1.82) is 0 Å². The first-order valence-corrected chi connectivity index (χ1v) is 6.82. The number of ether oxygens (including phenoxy) is 1. The molecule has 0 radical (unpaired) electrons. The number of carbonyl (C=O) groups is 1. The quantitative estimate of drug-likeness (QED) is 0.688. The van der Waals surface area contributed by atoms with Crippen LogP contribution in [0.3, 0.4) is 0 Å². The van der Waals surface area contributed by atoms with E-state index in [4.69, 9.17) is 27.9 Å². The largest absolute Gasteiger partial charge is 0.465 e. The van der Waals surface area contributed by atoms with Gasteiger partial charge in [0.2, 0.25) is 0 Å². The van der Waals surface area contributed by atoms with E-state index in [1.807, 2.05) is 6.92 Å². The van der Waals surface area contributed by atoms with Gasteiger partial charge >= 0.3 is 0 Å². The second-order valence-corrected chi connectivity index (χ2v) is 5.00. The summed E-state index contributed by atoms with van der Waals surface area (Å²) < 4.78 is 5.30. The van der Waals surface area contributed by atoms with E-state index in [0.29, 0.717) is 22.2 Å². The molecular formula is C13H14Cl2N2O2. The summed E-state index contributed by atoms with van der Waals surface area (Å²) in [6.45, 7) is 2.29. The average Bonchev–Trinajstić information content (AvgIpc) is 3.16. The first kappa shape index (κ1) is 14.2. The fourth-order valence-electron chi connectivity index (χ4n) is 1.42. The molecule has 1 amide bonds. The van der Waals surface area contributed by atoms with Gasteiger partial charge in [0.05, 0.1) is 22.7 Å². The van der Waals surface area contributed by atoms with Gasteiger partial charge in [-0.25, -0.2) is 4.99 Å². The van der Waals surface area contributed by atoms with E-state index in [2.05, 4.69) is 10.3 Å². The summed E-state index contributed by atoms with van der Waals surface area (Å²) in [5.74, 6) is -0.314. The summed E-state index contributed by atoms with van der Waals surface area (Å²) in [5.41, 5.74) is 0.414. The number of halogens is 2. The Bertz CT molecular complexity index is 513. The maximum absolute atomic E-state index is 12.0. The number of rotatable bonds is 3. The maximum Gasteiger partial charge on any atom is 0.291 e. The molecule has 0 saturated heterocycles. The topological polar surface area (TPSA) is 50.7 Å². The summed E-state index contributed by atoms with van der Waals surface area (Å²) in [4.78, 5) is 16.3. The summed E-state index contributed by atoms with van der Waals surface area (Å²) in [6, 6.07) is 5.23. The lowest BCUT2D eigenvalue weighted by atomic mass is 10.2. The molecule has 0 spiro atoms. The minimum Gasteiger partial charge on any atom is -0.465 e. The van der Waals surface area contributed by atoms with Gasteiger partial charge in [0, 0.05) is 5.56 Å². The van der Waals surface area contributed by atoms with Crippen molar-refractivity contribution >= 4 is 35.1 Å². The van der Waals surface area contributed by atoms with Crippen molar-refractivity contribution in [1.82, 2.24) is 5.32 Å². The van der Waals surface area contributed by atoms with Crippen LogP contribution < -0.4 is 5.32 Å². The number of hydrogen-bond acceptors (Lipinski definition) is 3. The van der Waals surface area contributed by atoms with Crippen molar-refractivity contribution in [3.05, 3.63) is 33.8 Å². The molecule has 0 unspecified atom stereocenters. The molecule has 2 rings (SSSR count). The molecule has 4 nitrogen and oxygen atoms in total. The van der Waals surface area contributed by atoms with Crippen molar-refractivity contribution in [2.24, 2.45) is 4.99 Å². The summed E-state index contributed by atoms with van der Waals surface area (Å²) >= 11 is 11.7. The Balaban J connectivity index is 2.07. The summed E-state index contributed by atoms with van der Waals surface area (Å²) in [7, 11) is 0. The molecule has 0 aliphatic heterocycles. The van der Waals surface area contributed by atoms with E-state index in [1.54, 1.807) is 12.1 Å². The van der Waals surface area contributed by atoms with Crippen molar-refractivity contribution in [3.8, 4) is 0 Å². The molecule has 0 bridgehead atoms. The zero-order valence-corrected chi connectivity index (χ0v) is 12.0. The molecule has 1 aromatic rings. The maximum atomic E-state index is 12.0. The predicted molar refractivity (Wildman–Crippen MR) is 76.0 cm³/mol. The normalized spacial score (nSPS) is 15.2. The van der Waals surface area contributed by atoms with Gasteiger partial charge in [0.25, 0.3) is 11.9 Å². The molecule has 6 heteroatoms. The van der Waals surface area contributed by atoms with Crippen molar-refractivity contribution in [3.63, 3.8) is 0 Å². The van der Waals surface area contributed by atoms with Crippen LogP contribution in [0.15, 0.2) is 23.2 Å². The lowest BCUT2D eigenvalue weighted by molar-refractivity contribution is 0.0966. The third kappa shape index (κ3) is 4.11. The number of carbonyl (C=O) groups excluding carboxylic acids is 1. The number of amides is 1. The molecule has 1 aliphatic carbocycles. The second-order valence-electron chi connectivity index (χ2n) is 4.18. The Kier molecular flexibility index (Phi) is 4.66. The Labute approximate surface area is 121 Å². The predicted octanol–water partition coefficient (Wildman–Crippen LogP) is 3.28. The number of hydrogen-bond donors (Lipinski definition) is 1. The molecule has 1 N–H and O–H groups in total. The van der Waals surface area contributed by atoms with Crippen LogP contribution in [-0.2, 0) is 4.74 Å². The zero-order valence-electron chi connectivity index (χ0n) is 10.5. The van der Waals surface area contributed by atoms with Gasteiger partial charge in [-0.05, 0) is 38.0 Å². The van der Waals surface area contributed by atoms with Gasteiger partial charge in [-0.3, -0.25) is 10.1 Å². The smallest absolute Gasteiger partial charge is 0.291 e. The third-order valence-electron chi connectivity index (χ3n) is 2.53. The zero-order chi connectivity index (χ0) is 13.8. The molecule has 0 heterocycles. The van der Waals surface area contributed by atoms with Gasteiger partial charge in [-0.15, -0.1) is 0 Å². The van der Waals surface area contributed by atoms with Crippen molar-refractivity contribution in [2.45, 2.75) is 25.8 Å². The highest BCUT2D eigenvalue weighted by atomic mass is 35.5. The van der Waals surface area contributed by atoms with Gasteiger partial charge in [-0.1, -0.05) is 23.2 Å². The number of nitrogens with one attached hydrogen (secondary N) is 1. The van der Waals surface area contributed by atoms with Crippen LogP contribution >= 0.6 is 23.2 Å². The second kappa shape index (κ2) is 6.26. The average molecular weight is 301 g/mol. The van der Waals surface area contributed by atoms with Crippen LogP contribution in [0.1, 0.15) is 30.1 Å². The number of benzene rings is 1. The van der Waals surface area contributed by atoms with E-state index in [1.165, 1.54) is 6.07 Å². The minimum absolute atomic E-state index is 0.265. The molecule has 0 aromatic heterocycles. The number of amidine groups is 1. The van der Waals surface area contributed by atoms with E-state index < -0.39 is 0 Å². The van der Waals surface area contributed by atoms with E-state index >= 15 is 0 Å². The highest BCUT2D eigenvalue weighted by Gasteiger charge is 2.22. The molecule has 1 aliphatic rings. The van der Waals surface area contributed by atoms with Crippen LogP contribution in [0.25, 0.3) is 0 Å². The van der Waals surface area contributed by atoms with Gasteiger partial charge in [-0.2, -0.15) is 0 Å². The Morgan fingerprint density at radius 1 is 1.42 bits per heavy atom. The summed E-state index contributed by atoms with van der Waals surface area (Å²) in [6.07, 6.45) is 2.08. The SMILES string of the molecule is CCOC(=NC1CC1)NC(=O)c1ccc(Cl)c(Cl)c1. The van der Waals surface area contributed by atoms with E-state index in [0.717, 1.165) is 12.8 Å². The Hall–Kier alpha value is -1.26. The molecule has 0 atom stereocenters. The first-order chi connectivity index (χ1) is 9.10. The highest BCUT2D eigenvalue weighted by Crippen LogP contribution is 2.24. The Morgan fingerprint density at radius 3 is 2.74 bits per heavy atom. The van der Waals surface area contributed by atoms with Gasteiger partial charge < -0.3 is 4.74 Å². The van der Waals surface area contributed by atoms with Crippen LogP contribution in [0.2, 0.25) is 10.0 Å². The molecule has 1 fully saturated rings. The number of nitrogens with zero attached hydrogens (tertiary/aromatic N) is 1. The van der Waals surface area contributed by atoms with Crippen LogP contribution in [0.5, 0.6) is 0 Å². The Morgan fingerprint density at radius 2 is 2.16 bits per heavy atom. The van der Waals surface area contributed by atoms with Gasteiger partial charge in [0.1, 0.15) is 0 Å². The first-order valence-electron chi connectivity index (χ1n) is 6.07. The molecule has 1 saturated carbocycles. The van der Waals surface area contributed by atoms with Crippen molar-refractivity contribution < 1.29 is 9.53 Å². The monoisotopic (exact) mass is 300 g/mol. The third-order valence-corrected chi connectivity index (χ3v) is 3.27. The lowest BCUT2D eigenvalue weighted by Crippen LogP contribution is -2.33. The molecular weight excluding hydrogens is 287 g/mol. The lowest BCUT2D eigenvalue weighted by Gasteiger charge is -2.09. The van der Waals surface area contributed by atoms with Crippen LogP contribution in [-0.4, -0.2) is 24.6 Å². The molecule has 19 heavy (non-hydrogen) atoms. The van der Waals surface area contributed by atoms with E-state index in [-0.39, 0.29) is 18.0 Å². The minimum atomic E-state index is -0.314. The van der Waals surface area contributed by atoms with Crippen molar-refractivity contribution in [2.75, 3.05) is 6.61 Å². The fourth-order valence-corrected chi connectivity index (χ4v) is 1.72. The molecule has 1 aromatic carbocycles.